The third-order valence-corrected chi connectivity index (χ3v) is 4.21. The number of ether oxygens (including phenoxy) is 1. The molecule has 0 aromatic carbocycles. The molecule has 1 saturated heterocycles. The van der Waals surface area contributed by atoms with E-state index in [9.17, 15) is 4.79 Å². The van der Waals surface area contributed by atoms with Gasteiger partial charge in [-0.15, -0.1) is 11.3 Å². The summed E-state index contributed by atoms with van der Waals surface area (Å²) in [6.07, 6.45) is 3.42. The number of Topliss-reactive ketones (excluding diaryl/α,β-unsaturated/α-hetero) is 1. The predicted octanol–water partition coefficient (Wildman–Crippen LogP) is 2.85. The van der Waals surface area contributed by atoms with Crippen molar-refractivity contribution in [2.75, 3.05) is 13.2 Å². The van der Waals surface area contributed by atoms with Crippen molar-refractivity contribution in [1.29, 1.82) is 0 Å². The van der Waals surface area contributed by atoms with Crippen LogP contribution >= 0.6 is 11.3 Å². The molecule has 1 atom stereocenters. The summed E-state index contributed by atoms with van der Waals surface area (Å²) in [6.45, 7) is 3.75. The fourth-order valence-corrected chi connectivity index (χ4v) is 3.03. The van der Waals surface area contributed by atoms with Gasteiger partial charge in [0.2, 0.25) is 0 Å². The molecule has 16 heavy (non-hydrogen) atoms. The molecule has 2 heterocycles. The van der Waals surface area contributed by atoms with Gasteiger partial charge >= 0.3 is 0 Å². The molecule has 3 heteroatoms. The molecular formula is C13H18O2S. The van der Waals surface area contributed by atoms with Gasteiger partial charge in [0.05, 0.1) is 0 Å². The monoisotopic (exact) mass is 238 g/mol. The minimum atomic E-state index is 0.361. The van der Waals surface area contributed by atoms with Gasteiger partial charge in [0.15, 0.2) is 0 Å². The Hall–Kier alpha value is -0.670. The largest absolute Gasteiger partial charge is 0.381 e. The van der Waals surface area contributed by atoms with Crippen LogP contribution in [0, 0.1) is 5.92 Å². The normalized spacial score (nSPS) is 20.2. The summed E-state index contributed by atoms with van der Waals surface area (Å²) in [5, 5.41) is 0. The van der Waals surface area contributed by atoms with Gasteiger partial charge in [0, 0.05) is 35.8 Å². The van der Waals surface area contributed by atoms with Crippen LogP contribution in [-0.4, -0.2) is 19.0 Å². The van der Waals surface area contributed by atoms with Crippen molar-refractivity contribution in [2.45, 2.75) is 32.6 Å². The summed E-state index contributed by atoms with van der Waals surface area (Å²) in [5.41, 5.74) is 0. The Morgan fingerprint density at radius 3 is 2.94 bits per heavy atom. The zero-order valence-corrected chi connectivity index (χ0v) is 10.5. The zero-order valence-electron chi connectivity index (χ0n) is 9.70. The van der Waals surface area contributed by atoms with Crippen LogP contribution in [0.15, 0.2) is 12.1 Å². The van der Waals surface area contributed by atoms with E-state index >= 15 is 0 Å². The van der Waals surface area contributed by atoms with Crippen LogP contribution in [-0.2, 0) is 22.4 Å². The molecular weight excluding hydrogens is 220 g/mol. The first kappa shape index (κ1) is 11.8. The second-order valence-corrected chi connectivity index (χ2v) is 5.62. The first-order valence-electron chi connectivity index (χ1n) is 5.95. The van der Waals surface area contributed by atoms with Gasteiger partial charge in [-0.25, -0.2) is 0 Å². The molecule has 1 aliphatic rings. The number of carbonyl (C=O) groups excluding carboxylic acids is 1. The Bertz CT molecular complexity index is 351. The van der Waals surface area contributed by atoms with Crippen molar-refractivity contribution in [3.8, 4) is 0 Å². The summed E-state index contributed by atoms with van der Waals surface area (Å²) in [6, 6.07) is 4.22. The lowest BCUT2D eigenvalue weighted by molar-refractivity contribution is -0.119. The van der Waals surface area contributed by atoms with Crippen LogP contribution in [0.25, 0.3) is 0 Å². The van der Waals surface area contributed by atoms with Crippen LogP contribution in [0.1, 0.15) is 29.5 Å². The lowest BCUT2D eigenvalue weighted by Crippen LogP contribution is -2.10. The molecule has 0 saturated carbocycles. The third-order valence-electron chi connectivity index (χ3n) is 2.98. The molecule has 0 N–H and O–H groups in total. The molecule has 1 aliphatic heterocycles. The van der Waals surface area contributed by atoms with Gasteiger partial charge in [-0.05, 0) is 30.9 Å². The quantitative estimate of drug-likeness (QED) is 0.788. The van der Waals surface area contributed by atoms with Crippen molar-refractivity contribution in [3.63, 3.8) is 0 Å². The minimum Gasteiger partial charge on any atom is -0.381 e. The Morgan fingerprint density at radius 1 is 1.50 bits per heavy atom. The molecule has 0 radical (unpaired) electrons. The third kappa shape index (κ3) is 3.16. The van der Waals surface area contributed by atoms with Crippen molar-refractivity contribution in [3.05, 3.63) is 21.9 Å². The highest BCUT2D eigenvalue weighted by molar-refractivity contribution is 7.12. The van der Waals surface area contributed by atoms with E-state index < -0.39 is 0 Å². The van der Waals surface area contributed by atoms with Gasteiger partial charge < -0.3 is 4.74 Å². The number of hydrogen-bond donors (Lipinski definition) is 0. The average Bonchev–Trinajstić information content (AvgIpc) is 2.89. The highest BCUT2D eigenvalue weighted by Gasteiger charge is 2.19. The van der Waals surface area contributed by atoms with E-state index in [0.29, 0.717) is 24.5 Å². The number of aryl methyl sites for hydroxylation is 1. The lowest BCUT2D eigenvalue weighted by atomic mass is 10.0. The Balaban J connectivity index is 1.81. The zero-order chi connectivity index (χ0) is 11.4. The molecule has 0 aliphatic carbocycles. The van der Waals surface area contributed by atoms with Crippen LogP contribution in [0.3, 0.4) is 0 Å². The molecule has 1 aromatic rings. The van der Waals surface area contributed by atoms with E-state index in [1.54, 1.807) is 11.3 Å². The van der Waals surface area contributed by atoms with Gasteiger partial charge in [-0.2, -0.15) is 0 Å². The summed E-state index contributed by atoms with van der Waals surface area (Å²) in [7, 11) is 0. The molecule has 1 unspecified atom stereocenters. The van der Waals surface area contributed by atoms with Crippen molar-refractivity contribution < 1.29 is 9.53 Å². The molecule has 88 valence electrons. The maximum absolute atomic E-state index is 11.8. The molecule has 0 spiro atoms. The summed E-state index contributed by atoms with van der Waals surface area (Å²) < 4.78 is 5.28. The molecule has 1 aromatic heterocycles. The first-order chi connectivity index (χ1) is 7.78. The standard InChI is InChI=1S/C13H18O2S/c1-2-12-3-4-13(16-12)8-11(14)7-10-5-6-15-9-10/h3-4,10H,2,5-9H2,1H3. The van der Waals surface area contributed by atoms with E-state index in [-0.39, 0.29) is 0 Å². The van der Waals surface area contributed by atoms with Crippen LogP contribution in [0.4, 0.5) is 0 Å². The first-order valence-corrected chi connectivity index (χ1v) is 6.76. The fraction of sp³-hybridized carbons (Fsp3) is 0.615. The fourth-order valence-electron chi connectivity index (χ4n) is 2.04. The number of carbonyl (C=O) groups is 1. The van der Waals surface area contributed by atoms with Crippen molar-refractivity contribution in [1.82, 2.24) is 0 Å². The van der Waals surface area contributed by atoms with Crippen LogP contribution in [0.2, 0.25) is 0 Å². The Labute approximate surface area is 101 Å². The van der Waals surface area contributed by atoms with Gasteiger partial charge in [-0.1, -0.05) is 6.92 Å². The smallest absolute Gasteiger partial charge is 0.138 e. The number of hydrogen-bond acceptors (Lipinski definition) is 3. The predicted molar refractivity (Wildman–Crippen MR) is 66.0 cm³/mol. The molecule has 2 nitrogen and oxygen atoms in total. The molecule has 0 bridgehead atoms. The van der Waals surface area contributed by atoms with Crippen LogP contribution < -0.4 is 0 Å². The van der Waals surface area contributed by atoms with Gasteiger partial charge in [-0.3, -0.25) is 4.79 Å². The summed E-state index contributed by atoms with van der Waals surface area (Å²) in [5.74, 6) is 0.832. The van der Waals surface area contributed by atoms with E-state index in [4.69, 9.17) is 4.74 Å². The van der Waals surface area contributed by atoms with Crippen molar-refractivity contribution >= 4 is 17.1 Å². The minimum absolute atomic E-state index is 0.361. The molecule has 1 fully saturated rings. The number of thiophene rings is 1. The second-order valence-electron chi connectivity index (χ2n) is 4.37. The molecule has 0 amide bonds. The maximum Gasteiger partial charge on any atom is 0.138 e. The maximum atomic E-state index is 11.8. The summed E-state index contributed by atoms with van der Waals surface area (Å²) in [4.78, 5) is 14.4. The van der Waals surface area contributed by atoms with Crippen molar-refractivity contribution in [2.24, 2.45) is 5.92 Å². The van der Waals surface area contributed by atoms with E-state index in [1.807, 2.05) is 0 Å². The number of rotatable bonds is 5. The van der Waals surface area contributed by atoms with E-state index in [0.717, 1.165) is 26.1 Å². The van der Waals surface area contributed by atoms with Crippen LogP contribution in [0.5, 0.6) is 0 Å². The van der Waals surface area contributed by atoms with Gasteiger partial charge in [0.25, 0.3) is 0 Å². The molecule has 2 rings (SSSR count). The SMILES string of the molecule is CCc1ccc(CC(=O)CC2CCOC2)s1. The highest BCUT2D eigenvalue weighted by atomic mass is 32.1. The summed E-state index contributed by atoms with van der Waals surface area (Å²) >= 11 is 1.77. The Kier molecular flexibility index (Phi) is 4.13. The van der Waals surface area contributed by atoms with Gasteiger partial charge in [0.1, 0.15) is 5.78 Å². The average molecular weight is 238 g/mol. The van der Waals surface area contributed by atoms with E-state index in [2.05, 4.69) is 19.1 Å². The number of ketones is 1. The second kappa shape index (κ2) is 5.60. The highest BCUT2D eigenvalue weighted by Crippen LogP contribution is 2.21. The lowest BCUT2D eigenvalue weighted by Gasteiger charge is -2.04. The van der Waals surface area contributed by atoms with E-state index in [1.165, 1.54) is 9.75 Å². The Morgan fingerprint density at radius 2 is 2.31 bits per heavy atom. The topological polar surface area (TPSA) is 26.3 Å².